The van der Waals surface area contributed by atoms with Crippen LogP contribution < -0.4 is 10.1 Å². The Kier molecular flexibility index (Phi) is 5.58. The largest absolute Gasteiger partial charge is 0.495 e. The van der Waals surface area contributed by atoms with E-state index in [9.17, 15) is 29.8 Å². The number of aromatic nitrogens is 2. The second-order valence-electron chi connectivity index (χ2n) is 5.93. The number of hydrogen-bond donors (Lipinski definition) is 1. The Bertz CT molecular complexity index is 1180. The van der Waals surface area contributed by atoms with Gasteiger partial charge in [-0.05, 0) is 18.2 Å². The lowest BCUT2D eigenvalue weighted by atomic mass is 10.1. The van der Waals surface area contributed by atoms with Gasteiger partial charge in [-0.3, -0.25) is 34.8 Å². The van der Waals surface area contributed by atoms with Crippen molar-refractivity contribution in [3.63, 3.8) is 0 Å². The number of nitro groups is 2. The summed E-state index contributed by atoms with van der Waals surface area (Å²) in [4.78, 5) is 53.6. The van der Waals surface area contributed by atoms with E-state index >= 15 is 0 Å². The number of fused-ring (bicyclic) bond motifs is 1. The van der Waals surface area contributed by atoms with E-state index in [1.807, 2.05) is 0 Å². The molecule has 2 aromatic carbocycles. The summed E-state index contributed by atoms with van der Waals surface area (Å²) in [6.07, 6.45) is 0.982. The summed E-state index contributed by atoms with van der Waals surface area (Å²) in [5.41, 5.74) is -0.357. The van der Waals surface area contributed by atoms with Crippen LogP contribution in [0.3, 0.4) is 0 Å². The number of hydrogen-bond acceptors (Lipinski definition) is 9. The zero-order valence-electron chi connectivity index (χ0n) is 15.3. The van der Waals surface area contributed by atoms with Gasteiger partial charge in [0.05, 0.1) is 35.0 Å². The van der Waals surface area contributed by atoms with Crippen LogP contribution in [0.25, 0.3) is 11.0 Å². The molecule has 0 aliphatic carbocycles. The van der Waals surface area contributed by atoms with E-state index in [4.69, 9.17) is 4.74 Å². The predicted octanol–water partition coefficient (Wildman–Crippen LogP) is 2.07. The summed E-state index contributed by atoms with van der Waals surface area (Å²) >= 11 is 0. The van der Waals surface area contributed by atoms with Gasteiger partial charge in [-0.15, -0.1) is 0 Å². The molecule has 1 aromatic heterocycles. The second kappa shape index (κ2) is 8.26. The molecule has 30 heavy (non-hydrogen) atoms. The van der Waals surface area contributed by atoms with Gasteiger partial charge in [-0.25, -0.2) is 4.98 Å². The Morgan fingerprint density at radius 2 is 1.83 bits per heavy atom. The molecule has 0 fully saturated rings. The number of ketones is 1. The molecule has 12 heteroatoms. The van der Waals surface area contributed by atoms with Crippen molar-refractivity contribution in [1.29, 1.82) is 0 Å². The highest BCUT2D eigenvalue weighted by Gasteiger charge is 2.39. The molecule has 1 atom stereocenters. The fourth-order valence-electron chi connectivity index (χ4n) is 2.65. The van der Waals surface area contributed by atoms with Crippen LogP contribution >= 0.6 is 0 Å². The Hall–Kier alpha value is -4.48. The van der Waals surface area contributed by atoms with Crippen molar-refractivity contribution >= 4 is 34.1 Å². The molecule has 0 aliphatic rings. The fourth-order valence-corrected chi connectivity index (χ4v) is 2.65. The number of non-ortho nitro benzene ring substituents is 1. The zero-order valence-corrected chi connectivity index (χ0v) is 15.3. The van der Waals surface area contributed by atoms with E-state index in [-0.39, 0.29) is 28.2 Å². The number of nitrogens with one attached hydrogen (secondary N) is 1. The molecular formula is C18H13N5O7. The molecule has 0 bridgehead atoms. The van der Waals surface area contributed by atoms with E-state index in [0.717, 1.165) is 12.3 Å². The summed E-state index contributed by atoms with van der Waals surface area (Å²) in [5, 5.41) is 24.7. The Labute approximate surface area is 167 Å². The maximum Gasteiger partial charge on any atom is 0.322 e. The Morgan fingerprint density at radius 3 is 2.50 bits per heavy atom. The number of ether oxygens (including phenoxy) is 1. The van der Waals surface area contributed by atoms with E-state index in [1.165, 1.54) is 31.4 Å². The van der Waals surface area contributed by atoms with Gasteiger partial charge >= 0.3 is 6.04 Å². The number of benzene rings is 2. The lowest BCUT2D eigenvalue weighted by Gasteiger charge is -2.11. The summed E-state index contributed by atoms with van der Waals surface area (Å²) in [6.45, 7) is 0. The Morgan fingerprint density at radius 1 is 1.10 bits per heavy atom. The Balaban J connectivity index is 1.94. The van der Waals surface area contributed by atoms with Crippen molar-refractivity contribution < 1.29 is 24.2 Å². The van der Waals surface area contributed by atoms with Crippen LogP contribution in [0, 0.1) is 20.2 Å². The third kappa shape index (κ3) is 4.01. The van der Waals surface area contributed by atoms with Crippen LogP contribution in [-0.4, -0.2) is 38.6 Å². The SMILES string of the molecule is COc1ccccc1NC(=O)C(=O)[C@@H](c1cnc2ccc([N+](=O)[O-])cc2n1)[N+](=O)[O-]. The highest BCUT2D eigenvalue weighted by atomic mass is 16.6. The molecule has 0 aliphatic heterocycles. The molecule has 152 valence electrons. The first-order valence-corrected chi connectivity index (χ1v) is 8.34. The van der Waals surface area contributed by atoms with Crippen LogP contribution in [0.2, 0.25) is 0 Å². The zero-order chi connectivity index (χ0) is 21.8. The van der Waals surface area contributed by atoms with Gasteiger partial charge in [0, 0.05) is 17.1 Å². The van der Waals surface area contributed by atoms with Crippen LogP contribution in [0.15, 0.2) is 48.7 Å². The second-order valence-corrected chi connectivity index (χ2v) is 5.93. The molecule has 0 saturated carbocycles. The molecule has 1 heterocycles. The van der Waals surface area contributed by atoms with Gasteiger partial charge in [0.25, 0.3) is 17.4 Å². The monoisotopic (exact) mass is 411 g/mol. The van der Waals surface area contributed by atoms with Crippen molar-refractivity contribution in [2.45, 2.75) is 6.04 Å². The van der Waals surface area contributed by atoms with Crippen LogP contribution in [0.1, 0.15) is 11.7 Å². The minimum Gasteiger partial charge on any atom is -0.495 e. The fraction of sp³-hybridized carbons (Fsp3) is 0.111. The lowest BCUT2D eigenvalue weighted by Crippen LogP contribution is -2.33. The molecule has 0 radical (unpaired) electrons. The summed E-state index contributed by atoms with van der Waals surface area (Å²) < 4.78 is 5.06. The number of nitro benzene ring substituents is 1. The van der Waals surface area contributed by atoms with Gasteiger partial charge in [-0.2, -0.15) is 0 Å². The number of carbonyl (C=O) groups is 2. The first-order chi connectivity index (χ1) is 14.3. The number of para-hydroxylation sites is 2. The molecule has 0 unspecified atom stereocenters. The van der Waals surface area contributed by atoms with Crippen LogP contribution in [0.5, 0.6) is 5.75 Å². The number of Topliss-reactive ketones (excluding diaryl/α,β-unsaturated/α-hetero) is 1. The number of carbonyl (C=O) groups excluding carboxylic acids is 2. The number of anilines is 1. The molecule has 3 rings (SSSR count). The number of nitrogens with zero attached hydrogens (tertiary/aromatic N) is 4. The summed E-state index contributed by atoms with van der Waals surface area (Å²) in [5.74, 6) is -2.37. The van der Waals surface area contributed by atoms with E-state index in [2.05, 4.69) is 15.3 Å². The lowest BCUT2D eigenvalue weighted by molar-refractivity contribution is -0.513. The van der Waals surface area contributed by atoms with Crippen LogP contribution in [0.4, 0.5) is 11.4 Å². The van der Waals surface area contributed by atoms with Crippen LogP contribution in [-0.2, 0) is 9.59 Å². The summed E-state index contributed by atoms with van der Waals surface area (Å²) in [7, 11) is 1.36. The minimum absolute atomic E-state index is 0.0218. The molecule has 1 N–H and O–H groups in total. The van der Waals surface area contributed by atoms with E-state index < -0.39 is 33.3 Å². The minimum atomic E-state index is -2.14. The first-order valence-electron chi connectivity index (χ1n) is 8.34. The van der Waals surface area contributed by atoms with Gasteiger partial charge < -0.3 is 10.1 Å². The van der Waals surface area contributed by atoms with Gasteiger partial charge in [0.1, 0.15) is 11.4 Å². The average molecular weight is 411 g/mol. The highest BCUT2D eigenvalue weighted by molar-refractivity contribution is 6.42. The normalized spacial score (nSPS) is 11.5. The molecule has 1 amide bonds. The van der Waals surface area contributed by atoms with Crippen molar-refractivity contribution in [2.24, 2.45) is 0 Å². The maximum absolute atomic E-state index is 12.5. The van der Waals surface area contributed by atoms with E-state index in [0.29, 0.717) is 0 Å². The highest BCUT2D eigenvalue weighted by Crippen LogP contribution is 2.25. The van der Waals surface area contributed by atoms with Crippen molar-refractivity contribution in [3.8, 4) is 5.75 Å². The number of methoxy groups -OCH3 is 1. The van der Waals surface area contributed by atoms with Gasteiger partial charge in [0.2, 0.25) is 0 Å². The van der Waals surface area contributed by atoms with Gasteiger partial charge in [0.15, 0.2) is 0 Å². The quantitative estimate of drug-likeness (QED) is 0.347. The molecule has 12 nitrogen and oxygen atoms in total. The third-order valence-corrected chi connectivity index (χ3v) is 4.07. The molecule has 0 saturated heterocycles. The molecule has 0 spiro atoms. The third-order valence-electron chi connectivity index (χ3n) is 4.07. The standard InChI is InChI=1S/C18H13N5O7/c1-30-15-5-3-2-4-12(15)21-18(25)17(24)16(23(28)29)14-9-19-11-7-6-10(22(26)27)8-13(11)20-14/h2-9,16H,1H3,(H,21,25)/t16-/m1/s1. The average Bonchev–Trinajstić information content (AvgIpc) is 2.73. The summed E-state index contributed by atoms with van der Waals surface area (Å²) in [6, 6.07) is 7.66. The molecule has 3 aromatic rings. The molecular weight excluding hydrogens is 398 g/mol. The van der Waals surface area contributed by atoms with Crippen molar-refractivity contribution in [3.05, 3.63) is 74.6 Å². The maximum atomic E-state index is 12.5. The topological polar surface area (TPSA) is 167 Å². The smallest absolute Gasteiger partial charge is 0.322 e. The van der Waals surface area contributed by atoms with Crippen molar-refractivity contribution in [2.75, 3.05) is 12.4 Å². The predicted molar refractivity (Wildman–Crippen MR) is 103 cm³/mol. The number of amides is 1. The van der Waals surface area contributed by atoms with Gasteiger partial charge in [-0.1, -0.05) is 12.1 Å². The van der Waals surface area contributed by atoms with Crippen molar-refractivity contribution in [1.82, 2.24) is 9.97 Å². The van der Waals surface area contributed by atoms with E-state index in [1.54, 1.807) is 12.1 Å². The first kappa shape index (κ1) is 20.3. The number of rotatable bonds is 7.